The van der Waals surface area contributed by atoms with Gasteiger partial charge in [-0.15, -0.1) is 0 Å². The van der Waals surface area contributed by atoms with Crippen LogP contribution in [0.15, 0.2) is 24.3 Å². The summed E-state index contributed by atoms with van der Waals surface area (Å²) in [5, 5.41) is 3.54. The van der Waals surface area contributed by atoms with E-state index in [0.29, 0.717) is 12.0 Å². The van der Waals surface area contributed by atoms with Crippen LogP contribution in [0, 0.1) is 5.92 Å². The summed E-state index contributed by atoms with van der Waals surface area (Å²) in [6.07, 6.45) is 3.73. The number of anilines is 1. The highest BCUT2D eigenvalue weighted by Crippen LogP contribution is 2.27. The molecule has 116 valence electrons. The van der Waals surface area contributed by atoms with E-state index in [0.717, 1.165) is 63.5 Å². The molecule has 0 aromatic heterocycles. The highest BCUT2D eigenvalue weighted by molar-refractivity contribution is 5.56. The molecule has 3 rings (SSSR count). The number of rotatable bonds is 5. The molecule has 0 spiro atoms. The van der Waals surface area contributed by atoms with Gasteiger partial charge in [0.05, 0.1) is 12.3 Å². The Hall–Kier alpha value is -1.26. The van der Waals surface area contributed by atoms with Crippen molar-refractivity contribution in [3.63, 3.8) is 0 Å². The zero-order valence-electron chi connectivity index (χ0n) is 12.9. The maximum atomic E-state index is 6.23. The van der Waals surface area contributed by atoms with E-state index in [-0.39, 0.29) is 0 Å². The van der Waals surface area contributed by atoms with Gasteiger partial charge in [-0.25, -0.2) is 0 Å². The van der Waals surface area contributed by atoms with Gasteiger partial charge in [0.15, 0.2) is 0 Å². The number of benzene rings is 1. The summed E-state index contributed by atoms with van der Waals surface area (Å²) in [5.74, 6) is 1.62. The molecular weight excluding hydrogens is 264 g/mol. The number of ether oxygens (including phenoxy) is 2. The summed E-state index contributed by atoms with van der Waals surface area (Å²) in [4.78, 5) is 2.37. The summed E-state index contributed by atoms with van der Waals surface area (Å²) in [5.41, 5.74) is 1.11. The second-order valence-electron chi connectivity index (χ2n) is 6.23. The molecule has 0 aliphatic carbocycles. The Morgan fingerprint density at radius 3 is 2.81 bits per heavy atom. The lowest BCUT2D eigenvalue weighted by Gasteiger charge is -2.30. The van der Waals surface area contributed by atoms with Crippen LogP contribution in [-0.4, -0.2) is 50.9 Å². The molecule has 0 bridgehead atoms. The maximum Gasteiger partial charge on any atom is 0.142 e. The van der Waals surface area contributed by atoms with Gasteiger partial charge >= 0.3 is 0 Å². The lowest BCUT2D eigenvalue weighted by molar-refractivity contribution is 0.115. The molecule has 0 saturated carbocycles. The van der Waals surface area contributed by atoms with Gasteiger partial charge in [0.1, 0.15) is 11.9 Å². The smallest absolute Gasteiger partial charge is 0.142 e. The van der Waals surface area contributed by atoms with Gasteiger partial charge in [-0.2, -0.15) is 0 Å². The minimum Gasteiger partial charge on any atom is -0.488 e. The van der Waals surface area contributed by atoms with E-state index >= 15 is 0 Å². The molecule has 21 heavy (non-hydrogen) atoms. The highest BCUT2D eigenvalue weighted by Gasteiger charge is 2.20. The number of hydrogen-bond acceptors (Lipinski definition) is 4. The average molecular weight is 290 g/mol. The molecule has 2 fully saturated rings. The minimum absolute atomic E-state index is 0.346. The van der Waals surface area contributed by atoms with Crippen LogP contribution >= 0.6 is 0 Å². The number of likely N-dealkylation sites (tertiary alicyclic amines) is 1. The summed E-state index contributed by atoms with van der Waals surface area (Å²) in [6, 6.07) is 8.30. The number of nitrogens with one attached hydrogen (secondary N) is 1. The first kappa shape index (κ1) is 14.7. The van der Waals surface area contributed by atoms with E-state index in [2.05, 4.69) is 35.5 Å². The van der Waals surface area contributed by atoms with E-state index in [4.69, 9.17) is 9.47 Å². The van der Waals surface area contributed by atoms with Crippen LogP contribution in [-0.2, 0) is 4.74 Å². The van der Waals surface area contributed by atoms with Gasteiger partial charge < -0.3 is 19.7 Å². The van der Waals surface area contributed by atoms with Crippen molar-refractivity contribution in [3.8, 4) is 5.75 Å². The molecule has 2 aliphatic heterocycles. The molecule has 4 nitrogen and oxygen atoms in total. The van der Waals surface area contributed by atoms with E-state index < -0.39 is 0 Å². The monoisotopic (exact) mass is 290 g/mol. The van der Waals surface area contributed by atoms with Crippen LogP contribution in [0.1, 0.15) is 19.3 Å². The van der Waals surface area contributed by atoms with Crippen molar-refractivity contribution >= 4 is 5.69 Å². The molecular formula is C17H26N2O2. The third-order valence-corrected chi connectivity index (χ3v) is 4.45. The molecule has 0 amide bonds. The number of piperidine rings is 1. The Morgan fingerprint density at radius 2 is 2.05 bits per heavy atom. The number of hydrogen-bond donors (Lipinski definition) is 1. The van der Waals surface area contributed by atoms with Crippen molar-refractivity contribution in [2.45, 2.75) is 25.4 Å². The third-order valence-electron chi connectivity index (χ3n) is 4.45. The molecule has 4 heteroatoms. The predicted molar refractivity (Wildman–Crippen MR) is 85.0 cm³/mol. The van der Waals surface area contributed by atoms with E-state index in [1.165, 1.54) is 0 Å². The summed E-state index contributed by atoms with van der Waals surface area (Å²) < 4.78 is 11.7. The fourth-order valence-corrected chi connectivity index (χ4v) is 3.00. The van der Waals surface area contributed by atoms with Crippen molar-refractivity contribution in [2.24, 2.45) is 5.92 Å². The van der Waals surface area contributed by atoms with Crippen LogP contribution in [0.5, 0.6) is 5.75 Å². The molecule has 2 heterocycles. The third kappa shape index (κ3) is 4.11. The quantitative estimate of drug-likeness (QED) is 0.904. The Kier molecular flexibility index (Phi) is 4.99. The molecule has 2 saturated heterocycles. The first-order valence-electron chi connectivity index (χ1n) is 8.07. The van der Waals surface area contributed by atoms with Gasteiger partial charge in [-0.1, -0.05) is 12.1 Å². The lowest BCUT2D eigenvalue weighted by Crippen LogP contribution is -2.35. The van der Waals surface area contributed by atoms with E-state index in [1.807, 2.05) is 6.07 Å². The normalized spacial score (nSPS) is 24.1. The number of para-hydroxylation sites is 2. The second-order valence-corrected chi connectivity index (χ2v) is 6.23. The van der Waals surface area contributed by atoms with E-state index in [1.54, 1.807) is 0 Å². The molecule has 1 atom stereocenters. The fourth-order valence-electron chi connectivity index (χ4n) is 3.00. The van der Waals surface area contributed by atoms with Gasteiger partial charge in [-0.05, 0) is 38.4 Å². The molecule has 1 N–H and O–H groups in total. The number of nitrogens with zero attached hydrogens (tertiary/aromatic N) is 1. The molecule has 1 aromatic carbocycles. The van der Waals surface area contributed by atoms with Crippen LogP contribution in [0.3, 0.4) is 0 Å². The van der Waals surface area contributed by atoms with Crippen LogP contribution in [0.4, 0.5) is 5.69 Å². The predicted octanol–water partition coefficient (Wildman–Crippen LogP) is 2.61. The van der Waals surface area contributed by atoms with Gasteiger partial charge in [0.2, 0.25) is 0 Å². The minimum atomic E-state index is 0.346. The Labute approximate surface area is 127 Å². The zero-order valence-corrected chi connectivity index (χ0v) is 12.9. The first-order chi connectivity index (χ1) is 10.3. The van der Waals surface area contributed by atoms with Crippen molar-refractivity contribution in [3.05, 3.63) is 24.3 Å². The van der Waals surface area contributed by atoms with Crippen molar-refractivity contribution in [2.75, 3.05) is 45.2 Å². The zero-order chi connectivity index (χ0) is 14.5. The van der Waals surface area contributed by atoms with Crippen molar-refractivity contribution < 1.29 is 9.47 Å². The van der Waals surface area contributed by atoms with Crippen LogP contribution < -0.4 is 10.1 Å². The first-order valence-corrected chi connectivity index (χ1v) is 8.07. The topological polar surface area (TPSA) is 33.7 Å². The molecule has 2 aliphatic rings. The Balaban J connectivity index is 1.56. The highest BCUT2D eigenvalue weighted by atomic mass is 16.5. The van der Waals surface area contributed by atoms with Crippen molar-refractivity contribution in [1.29, 1.82) is 0 Å². The van der Waals surface area contributed by atoms with E-state index in [9.17, 15) is 0 Å². The molecule has 0 unspecified atom stereocenters. The summed E-state index contributed by atoms with van der Waals surface area (Å²) in [7, 11) is 2.18. The Morgan fingerprint density at radius 1 is 1.24 bits per heavy atom. The SMILES string of the molecule is CN1CCC(Oc2ccccc2NC[C@@H]2CCOC2)CC1. The summed E-state index contributed by atoms with van der Waals surface area (Å²) in [6.45, 7) is 5.00. The maximum absolute atomic E-state index is 6.23. The van der Waals surface area contributed by atoms with Gasteiger partial charge in [0, 0.05) is 32.2 Å². The van der Waals surface area contributed by atoms with Crippen molar-refractivity contribution in [1.82, 2.24) is 4.90 Å². The molecule has 1 aromatic rings. The van der Waals surface area contributed by atoms with Crippen LogP contribution in [0.2, 0.25) is 0 Å². The second kappa shape index (κ2) is 7.14. The van der Waals surface area contributed by atoms with Gasteiger partial charge in [-0.3, -0.25) is 0 Å². The fraction of sp³-hybridized carbons (Fsp3) is 0.647. The largest absolute Gasteiger partial charge is 0.488 e. The average Bonchev–Trinajstić information content (AvgIpc) is 3.02. The lowest BCUT2D eigenvalue weighted by atomic mass is 10.1. The van der Waals surface area contributed by atoms with Crippen LogP contribution in [0.25, 0.3) is 0 Å². The standard InChI is InChI=1S/C17H26N2O2/c1-19-9-6-15(7-10-19)21-17-5-3-2-4-16(17)18-12-14-8-11-20-13-14/h2-5,14-15,18H,6-13H2,1H3/t14-/m0/s1. The Bertz CT molecular complexity index is 438. The summed E-state index contributed by atoms with van der Waals surface area (Å²) >= 11 is 0. The van der Waals surface area contributed by atoms with Gasteiger partial charge in [0.25, 0.3) is 0 Å². The molecule has 0 radical (unpaired) electrons.